The van der Waals surface area contributed by atoms with Crippen molar-refractivity contribution >= 4 is 23.1 Å². The summed E-state index contributed by atoms with van der Waals surface area (Å²) in [5, 5.41) is 3.32. The number of nitrogens with zero attached hydrogens (tertiary/aromatic N) is 3. The summed E-state index contributed by atoms with van der Waals surface area (Å²) in [6.07, 6.45) is 3.32. The van der Waals surface area contributed by atoms with Gasteiger partial charge in [-0.05, 0) is 19.1 Å². The van der Waals surface area contributed by atoms with Crippen LogP contribution in [0.5, 0.6) is 5.75 Å². The van der Waals surface area contributed by atoms with E-state index < -0.39 is 5.91 Å². The monoisotopic (exact) mass is 383 g/mol. The van der Waals surface area contributed by atoms with Gasteiger partial charge in [0.25, 0.3) is 5.91 Å². The number of carbonyl (C=O) groups excluding carboxylic acids is 1. The second-order valence-electron chi connectivity index (χ2n) is 6.17. The van der Waals surface area contributed by atoms with E-state index in [1.807, 2.05) is 25.1 Å². The molecule has 8 heteroatoms. The molecule has 1 amide bonds. The summed E-state index contributed by atoms with van der Waals surface area (Å²) in [5.74, 6) is 1.06. The minimum Gasteiger partial charge on any atom is -0.496 e. The van der Waals surface area contributed by atoms with Crippen LogP contribution in [0.4, 0.5) is 5.82 Å². The zero-order chi connectivity index (χ0) is 19.4. The van der Waals surface area contributed by atoms with E-state index in [1.165, 1.54) is 17.7 Å². The first-order chi connectivity index (χ1) is 13.0. The summed E-state index contributed by atoms with van der Waals surface area (Å²) in [5.41, 5.74) is 8.07. The van der Waals surface area contributed by atoms with Crippen LogP contribution >= 0.6 is 11.3 Å². The molecule has 1 unspecified atom stereocenters. The molecule has 3 aromatic rings. The Hall–Kier alpha value is -3.00. The van der Waals surface area contributed by atoms with E-state index in [0.717, 1.165) is 27.6 Å². The van der Waals surface area contributed by atoms with Crippen LogP contribution in [0.15, 0.2) is 36.8 Å². The highest BCUT2D eigenvalue weighted by molar-refractivity contribution is 7.14. The number of nitrogens with one attached hydrogen (secondary N) is 1. The number of methoxy groups -OCH3 is 1. The highest BCUT2D eigenvalue weighted by Crippen LogP contribution is 2.35. The number of aromatic nitrogens is 3. The van der Waals surface area contributed by atoms with Gasteiger partial charge in [0.2, 0.25) is 0 Å². The molecular formula is C19H21N5O2S. The SMILES string of the molecule is COc1cc(C(N)=O)sc1C(C)CNc1cc(-c2ccc(C)nc2)ncn1. The van der Waals surface area contributed by atoms with Gasteiger partial charge in [-0.25, -0.2) is 9.97 Å². The first-order valence-electron chi connectivity index (χ1n) is 8.44. The molecule has 7 nitrogen and oxygen atoms in total. The lowest BCUT2D eigenvalue weighted by Gasteiger charge is -2.13. The predicted molar refractivity (Wildman–Crippen MR) is 106 cm³/mol. The van der Waals surface area contributed by atoms with E-state index in [4.69, 9.17) is 10.5 Å². The minimum absolute atomic E-state index is 0.109. The van der Waals surface area contributed by atoms with Crippen molar-refractivity contribution in [2.75, 3.05) is 19.0 Å². The molecule has 0 saturated carbocycles. The molecule has 0 saturated heterocycles. The van der Waals surface area contributed by atoms with Crippen molar-refractivity contribution in [3.8, 4) is 17.0 Å². The Labute approximate surface area is 161 Å². The molecule has 3 N–H and O–H groups in total. The lowest BCUT2D eigenvalue weighted by atomic mass is 10.1. The van der Waals surface area contributed by atoms with E-state index in [9.17, 15) is 4.79 Å². The van der Waals surface area contributed by atoms with Gasteiger partial charge in [0.15, 0.2) is 0 Å². The summed E-state index contributed by atoms with van der Waals surface area (Å²) in [7, 11) is 1.59. The van der Waals surface area contributed by atoms with Crippen molar-refractivity contribution in [3.05, 3.63) is 52.2 Å². The lowest BCUT2D eigenvalue weighted by Crippen LogP contribution is -2.11. The molecule has 3 heterocycles. The van der Waals surface area contributed by atoms with Gasteiger partial charge in [-0.1, -0.05) is 6.92 Å². The standard InChI is InChI=1S/C19H21N5O2S/c1-11(18-15(26-3)7-16(27-18)19(20)25)8-22-17-6-14(23-10-24-17)13-5-4-12(2)21-9-13/h4-7,9-11H,8H2,1-3H3,(H2,20,25)(H,22,23,24). The van der Waals surface area contributed by atoms with Gasteiger partial charge < -0.3 is 15.8 Å². The quantitative estimate of drug-likeness (QED) is 0.649. The minimum atomic E-state index is -0.447. The largest absolute Gasteiger partial charge is 0.496 e. The molecule has 0 fully saturated rings. The van der Waals surface area contributed by atoms with E-state index in [1.54, 1.807) is 19.4 Å². The number of ether oxygens (including phenoxy) is 1. The van der Waals surface area contributed by atoms with Gasteiger partial charge in [-0.2, -0.15) is 0 Å². The molecule has 0 aliphatic rings. The fraction of sp³-hybridized carbons (Fsp3) is 0.263. The summed E-state index contributed by atoms with van der Waals surface area (Å²) >= 11 is 1.36. The molecular weight excluding hydrogens is 362 g/mol. The van der Waals surface area contributed by atoms with Gasteiger partial charge >= 0.3 is 0 Å². The number of primary amides is 1. The molecule has 27 heavy (non-hydrogen) atoms. The molecule has 0 bridgehead atoms. The first-order valence-corrected chi connectivity index (χ1v) is 9.26. The van der Waals surface area contributed by atoms with Crippen molar-refractivity contribution in [1.29, 1.82) is 0 Å². The highest BCUT2D eigenvalue weighted by atomic mass is 32.1. The topological polar surface area (TPSA) is 103 Å². The van der Waals surface area contributed by atoms with Crippen LogP contribution in [0.2, 0.25) is 0 Å². The predicted octanol–water partition coefficient (Wildman–Crippen LogP) is 3.23. The van der Waals surface area contributed by atoms with Gasteiger partial charge in [-0.15, -0.1) is 11.3 Å². The molecule has 3 aromatic heterocycles. The molecule has 140 valence electrons. The molecule has 0 aliphatic carbocycles. The Balaban J connectivity index is 1.72. The Morgan fingerprint density at radius 2 is 2.11 bits per heavy atom. The molecule has 0 aliphatic heterocycles. The third-order valence-electron chi connectivity index (χ3n) is 4.10. The van der Waals surface area contributed by atoms with Gasteiger partial charge in [0, 0.05) is 42.0 Å². The fourth-order valence-electron chi connectivity index (χ4n) is 2.59. The smallest absolute Gasteiger partial charge is 0.258 e. The Kier molecular flexibility index (Phi) is 5.66. The summed E-state index contributed by atoms with van der Waals surface area (Å²) in [4.78, 5) is 25.8. The van der Waals surface area contributed by atoms with Crippen LogP contribution in [0.25, 0.3) is 11.3 Å². The number of aryl methyl sites for hydroxylation is 1. The number of thiophene rings is 1. The number of hydrogen-bond donors (Lipinski definition) is 2. The van der Waals surface area contributed by atoms with Crippen molar-refractivity contribution in [2.24, 2.45) is 5.73 Å². The summed E-state index contributed by atoms with van der Waals surface area (Å²) < 4.78 is 5.38. The van der Waals surface area contributed by atoms with Gasteiger partial charge in [-0.3, -0.25) is 9.78 Å². The number of nitrogens with two attached hydrogens (primary N) is 1. The van der Waals surface area contributed by atoms with Crippen LogP contribution in [0.3, 0.4) is 0 Å². The second kappa shape index (κ2) is 8.13. The highest BCUT2D eigenvalue weighted by Gasteiger charge is 2.18. The maximum absolute atomic E-state index is 11.4. The second-order valence-corrected chi connectivity index (χ2v) is 7.25. The van der Waals surface area contributed by atoms with Crippen molar-refractivity contribution in [3.63, 3.8) is 0 Å². The molecule has 0 spiro atoms. The Morgan fingerprint density at radius 3 is 2.78 bits per heavy atom. The van der Waals surface area contributed by atoms with Crippen LogP contribution < -0.4 is 15.8 Å². The van der Waals surface area contributed by atoms with Crippen LogP contribution in [-0.2, 0) is 0 Å². The summed E-state index contributed by atoms with van der Waals surface area (Å²) in [6, 6.07) is 7.51. The van der Waals surface area contributed by atoms with Crippen molar-refractivity contribution in [1.82, 2.24) is 15.0 Å². The molecule has 0 aromatic carbocycles. The first kappa shape index (κ1) is 18.8. The number of hydrogen-bond acceptors (Lipinski definition) is 7. The number of rotatable bonds is 7. The zero-order valence-corrected chi connectivity index (χ0v) is 16.2. The van der Waals surface area contributed by atoms with Crippen molar-refractivity contribution < 1.29 is 9.53 Å². The number of carbonyl (C=O) groups is 1. The van der Waals surface area contributed by atoms with Crippen LogP contribution in [0, 0.1) is 6.92 Å². The number of anilines is 1. The van der Waals surface area contributed by atoms with Gasteiger partial charge in [0.1, 0.15) is 17.9 Å². The van der Waals surface area contributed by atoms with Gasteiger partial charge in [0.05, 0.1) is 22.6 Å². The third kappa shape index (κ3) is 4.40. The number of amides is 1. The molecule has 0 radical (unpaired) electrons. The van der Waals surface area contributed by atoms with E-state index in [2.05, 4.69) is 27.2 Å². The van der Waals surface area contributed by atoms with E-state index >= 15 is 0 Å². The zero-order valence-electron chi connectivity index (χ0n) is 15.4. The third-order valence-corrected chi connectivity index (χ3v) is 5.46. The maximum atomic E-state index is 11.4. The Morgan fingerprint density at radius 1 is 1.30 bits per heavy atom. The maximum Gasteiger partial charge on any atom is 0.258 e. The summed E-state index contributed by atoms with van der Waals surface area (Å²) in [6.45, 7) is 4.62. The van der Waals surface area contributed by atoms with E-state index in [-0.39, 0.29) is 5.92 Å². The normalized spacial score (nSPS) is 11.8. The molecule has 1 atom stereocenters. The number of pyridine rings is 1. The van der Waals surface area contributed by atoms with Crippen LogP contribution in [0.1, 0.15) is 33.1 Å². The fourth-order valence-corrected chi connectivity index (χ4v) is 3.63. The average molecular weight is 383 g/mol. The van der Waals surface area contributed by atoms with Crippen molar-refractivity contribution in [2.45, 2.75) is 19.8 Å². The van der Waals surface area contributed by atoms with Crippen LogP contribution in [-0.4, -0.2) is 34.5 Å². The Bertz CT molecular complexity index is 940. The average Bonchev–Trinajstić information content (AvgIpc) is 3.12. The molecule has 3 rings (SSSR count). The lowest BCUT2D eigenvalue weighted by molar-refractivity contribution is 0.100. The van der Waals surface area contributed by atoms with E-state index in [0.29, 0.717) is 17.2 Å².